The summed E-state index contributed by atoms with van der Waals surface area (Å²) in [6, 6.07) is 5.47. The number of rotatable bonds is 6. The molecule has 1 aromatic rings. The molecule has 0 atom stereocenters. The van der Waals surface area contributed by atoms with Gasteiger partial charge >= 0.3 is 0 Å². The summed E-state index contributed by atoms with van der Waals surface area (Å²) >= 11 is 0. The molecule has 0 saturated heterocycles. The van der Waals surface area contributed by atoms with Crippen molar-refractivity contribution in [3.8, 4) is 6.07 Å². The highest BCUT2D eigenvalue weighted by molar-refractivity contribution is 5.77. The van der Waals surface area contributed by atoms with Gasteiger partial charge in [-0.15, -0.1) is 0 Å². The number of amides is 1. The molecule has 0 radical (unpaired) electrons. The van der Waals surface area contributed by atoms with Crippen LogP contribution < -0.4 is 10.6 Å². The van der Waals surface area contributed by atoms with Crippen molar-refractivity contribution in [3.63, 3.8) is 0 Å². The Morgan fingerprint density at radius 1 is 1.33 bits per heavy atom. The van der Waals surface area contributed by atoms with Gasteiger partial charge in [-0.2, -0.15) is 5.26 Å². The van der Waals surface area contributed by atoms with Crippen LogP contribution >= 0.6 is 0 Å². The number of hydrogen-bond donors (Lipinski definition) is 2. The topological polar surface area (TPSA) is 64.9 Å². The van der Waals surface area contributed by atoms with Crippen molar-refractivity contribution in [2.24, 2.45) is 0 Å². The van der Waals surface area contributed by atoms with Gasteiger partial charge in [0, 0.05) is 13.1 Å². The van der Waals surface area contributed by atoms with Gasteiger partial charge in [0.05, 0.1) is 19.0 Å². The predicted octanol–water partition coefficient (Wildman–Crippen LogP) is 1.08. The summed E-state index contributed by atoms with van der Waals surface area (Å²) in [6.45, 7) is 0.634. The van der Waals surface area contributed by atoms with Crippen molar-refractivity contribution < 1.29 is 13.6 Å². The van der Waals surface area contributed by atoms with E-state index in [9.17, 15) is 13.6 Å². The number of nitriles is 1. The molecule has 6 heteroatoms. The molecule has 4 nitrogen and oxygen atoms in total. The average Bonchev–Trinajstić information content (AvgIpc) is 2.34. The summed E-state index contributed by atoms with van der Waals surface area (Å²) in [5, 5.41) is 13.6. The molecular formula is C12H13F2N3O. The Kier molecular flexibility index (Phi) is 5.74. The maximum atomic E-state index is 12.9. The summed E-state index contributed by atoms with van der Waals surface area (Å²) in [4.78, 5) is 11.2. The van der Waals surface area contributed by atoms with E-state index in [0.717, 1.165) is 12.1 Å². The van der Waals surface area contributed by atoms with Crippen LogP contribution in [-0.4, -0.2) is 19.0 Å². The molecule has 0 heterocycles. The molecule has 1 amide bonds. The second-order valence-corrected chi connectivity index (χ2v) is 3.61. The predicted molar refractivity (Wildman–Crippen MR) is 61.3 cm³/mol. The number of nitrogens with zero attached hydrogens (tertiary/aromatic N) is 1. The van der Waals surface area contributed by atoms with E-state index < -0.39 is 11.6 Å². The minimum absolute atomic E-state index is 0.0599. The third-order valence-electron chi connectivity index (χ3n) is 2.16. The summed E-state index contributed by atoms with van der Waals surface area (Å²) in [7, 11) is 0. The SMILES string of the molecule is N#CCCNC(=O)CNCc1ccc(F)c(F)c1. The third-order valence-corrected chi connectivity index (χ3v) is 2.16. The number of halogens is 2. The Bertz CT molecular complexity index is 457. The standard InChI is InChI=1S/C12H13F2N3O/c13-10-3-2-9(6-11(10)14)7-16-8-12(18)17-5-1-4-15/h2-3,6,16H,1,5,7-8H2,(H,17,18). The molecule has 0 aliphatic carbocycles. The van der Waals surface area contributed by atoms with Gasteiger partial charge in [0.1, 0.15) is 0 Å². The Labute approximate surface area is 104 Å². The molecule has 2 N–H and O–H groups in total. The summed E-state index contributed by atoms with van der Waals surface area (Å²) in [5.41, 5.74) is 0.554. The number of carbonyl (C=O) groups is 1. The molecule has 18 heavy (non-hydrogen) atoms. The van der Waals surface area contributed by atoms with E-state index in [1.165, 1.54) is 6.07 Å². The van der Waals surface area contributed by atoms with Gasteiger partial charge in [-0.25, -0.2) is 8.78 Å². The Morgan fingerprint density at radius 2 is 2.11 bits per heavy atom. The van der Waals surface area contributed by atoms with Crippen LogP contribution in [0.25, 0.3) is 0 Å². The van der Waals surface area contributed by atoms with Crippen LogP contribution in [0.2, 0.25) is 0 Å². The zero-order valence-corrected chi connectivity index (χ0v) is 9.67. The van der Waals surface area contributed by atoms with E-state index >= 15 is 0 Å². The van der Waals surface area contributed by atoms with Crippen molar-refractivity contribution in [1.82, 2.24) is 10.6 Å². The Hall–Kier alpha value is -2.00. The maximum Gasteiger partial charge on any atom is 0.234 e. The molecule has 96 valence electrons. The number of nitrogens with one attached hydrogen (secondary N) is 2. The maximum absolute atomic E-state index is 12.9. The fraction of sp³-hybridized carbons (Fsp3) is 0.333. The monoisotopic (exact) mass is 253 g/mol. The molecule has 0 aromatic heterocycles. The second kappa shape index (κ2) is 7.35. The largest absolute Gasteiger partial charge is 0.354 e. The number of carbonyl (C=O) groups excluding carboxylic acids is 1. The molecule has 0 bridgehead atoms. The lowest BCUT2D eigenvalue weighted by Crippen LogP contribution is -2.34. The van der Waals surface area contributed by atoms with E-state index in [0.29, 0.717) is 12.1 Å². The molecule has 1 aromatic carbocycles. The van der Waals surface area contributed by atoms with Crippen LogP contribution in [-0.2, 0) is 11.3 Å². The van der Waals surface area contributed by atoms with E-state index in [-0.39, 0.29) is 25.4 Å². The highest BCUT2D eigenvalue weighted by Gasteiger charge is 2.03. The first-order valence-corrected chi connectivity index (χ1v) is 5.42. The lowest BCUT2D eigenvalue weighted by atomic mass is 10.2. The minimum Gasteiger partial charge on any atom is -0.354 e. The van der Waals surface area contributed by atoms with Crippen molar-refractivity contribution in [3.05, 3.63) is 35.4 Å². The fourth-order valence-corrected chi connectivity index (χ4v) is 1.29. The number of hydrogen-bond acceptors (Lipinski definition) is 3. The van der Waals surface area contributed by atoms with Gasteiger partial charge in [0.15, 0.2) is 11.6 Å². The van der Waals surface area contributed by atoms with Crippen LogP contribution in [0.4, 0.5) is 8.78 Å². The van der Waals surface area contributed by atoms with Gasteiger partial charge in [-0.05, 0) is 17.7 Å². The van der Waals surface area contributed by atoms with E-state index in [4.69, 9.17) is 5.26 Å². The molecule has 0 aliphatic heterocycles. The Morgan fingerprint density at radius 3 is 2.78 bits per heavy atom. The van der Waals surface area contributed by atoms with Gasteiger partial charge in [0.25, 0.3) is 0 Å². The zero-order chi connectivity index (χ0) is 13.4. The van der Waals surface area contributed by atoms with Crippen LogP contribution in [0.15, 0.2) is 18.2 Å². The lowest BCUT2D eigenvalue weighted by molar-refractivity contribution is -0.120. The van der Waals surface area contributed by atoms with E-state index in [2.05, 4.69) is 10.6 Å². The average molecular weight is 253 g/mol. The molecule has 0 saturated carbocycles. The molecule has 0 fully saturated rings. The van der Waals surface area contributed by atoms with Gasteiger partial charge in [-0.1, -0.05) is 6.07 Å². The smallest absolute Gasteiger partial charge is 0.234 e. The number of benzene rings is 1. The molecule has 0 spiro atoms. The summed E-state index contributed by atoms with van der Waals surface area (Å²) < 4.78 is 25.5. The van der Waals surface area contributed by atoms with Crippen molar-refractivity contribution >= 4 is 5.91 Å². The zero-order valence-electron chi connectivity index (χ0n) is 9.67. The summed E-state index contributed by atoms with van der Waals surface area (Å²) in [5.74, 6) is -2.05. The van der Waals surface area contributed by atoms with Crippen LogP contribution in [0.5, 0.6) is 0 Å². The molecular weight excluding hydrogens is 240 g/mol. The normalized spacial score (nSPS) is 9.83. The quantitative estimate of drug-likeness (QED) is 0.746. The van der Waals surface area contributed by atoms with Crippen molar-refractivity contribution in [1.29, 1.82) is 5.26 Å². The minimum atomic E-state index is -0.909. The first-order chi connectivity index (χ1) is 8.63. The fourth-order valence-electron chi connectivity index (χ4n) is 1.29. The first-order valence-electron chi connectivity index (χ1n) is 5.42. The van der Waals surface area contributed by atoms with Gasteiger partial charge in [-0.3, -0.25) is 4.79 Å². The van der Waals surface area contributed by atoms with Gasteiger partial charge < -0.3 is 10.6 Å². The molecule has 1 rings (SSSR count). The molecule has 0 aliphatic rings. The van der Waals surface area contributed by atoms with Crippen LogP contribution in [0.3, 0.4) is 0 Å². The van der Waals surface area contributed by atoms with Crippen molar-refractivity contribution in [2.45, 2.75) is 13.0 Å². The van der Waals surface area contributed by atoms with E-state index in [1.54, 1.807) is 0 Å². The molecule has 0 unspecified atom stereocenters. The van der Waals surface area contributed by atoms with E-state index in [1.807, 2.05) is 6.07 Å². The Balaban J connectivity index is 2.27. The van der Waals surface area contributed by atoms with Crippen LogP contribution in [0, 0.1) is 23.0 Å². The van der Waals surface area contributed by atoms with Crippen molar-refractivity contribution in [2.75, 3.05) is 13.1 Å². The van der Waals surface area contributed by atoms with Gasteiger partial charge in [0.2, 0.25) is 5.91 Å². The highest BCUT2D eigenvalue weighted by Crippen LogP contribution is 2.07. The van der Waals surface area contributed by atoms with Crippen LogP contribution in [0.1, 0.15) is 12.0 Å². The first kappa shape index (κ1) is 14.1. The third kappa shape index (κ3) is 4.89. The second-order valence-electron chi connectivity index (χ2n) is 3.61. The lowest BCUT2D eigenvalue weighted by Gasteiger charge is -2.05. The summed E-state index contributed by atoms with van der Waals surface area (Å²) in [6.07, 6.45) is 0.259. The highest BCUT2D eigenvalue weighted by atomic mass is 19.2.